The second-order valence-electron chi connectivity index (χ2n) is 5.58. The Morgan fingerprint density at radius 1 is 1.36 bits per heavy atom. The Hall–Kier alpha value is -1.66. The Kier molecular flexibility index (Phi) is 5.37. The molecule has 1 heterocycles. The summed E-state index contributed by atoms with van der Waals surface area (Å²) in [6.45, 7) is 4.54. The van der Waals surface area contributed by atoms with E-state index in [1.807, 2.05) is 12.1 Å². The lowest BCUT2D eigenvalue weighted by molar-refractivity contribution is -0.136. The summed E-state index contributed by atoms with van der Waals surface area (Å²) in [7, 11) is -3.26. The van der Waals surface area contributed by atoms with Crippen molar-refractivity contribution in [3.8, 4) is 0 Å². The minimum Gasteiger partial charge on any atom is -0.481 e. The van der Waals surface area contributed by atoms with E-state index >= 15 is 0 Å². The summed E-state index contributed by atoms with van der Waals surface area (Å²) in [4.78, 5) is 10.7. The van der Waals surface area contributed by atoms with Crippen molar-refractivity contribution in [3.05, 3.63) is 48.0 Å². The SMILES string of the molecule is C=CCS(=O)(=O)N1CCCC(c2ccc(CC(=O)O)cc2)C1. The average Bonchev–Trinajstić information content (AvgIpc) is 2.47. The van der Waals surface area contributed by atoms with Gasteiger partial charge in [-0.25, -0.2) is 12.7 Å². The molecule has 0 spiro atoms. The van der Waals surface area contributed by atoms with Crippen molar-refractivity contribution in [1.82, 2.24) is 4.31 Å². The fourth-order valence-electron chi connectivity index (χ4n) is 2.80. The van der Waals surface area contributed by atoms with Crippen molar-refractivity contribution in [1.29, 1.82) is 0 Å². The minimum atomic E-state index is -3.26. The molecule has 1 atom stereocenters. The molecular formula is C16H21NO4S. The van der Waals surface area contributed by atoms with Crippen LogP contribution < -0.4 is 0 Å². The third kappa shape index (κ3) is 4.18. The number of carboxylic acids is 1. The van der Waals surface area contributed by atoms with Gasteiger partial charge in [0.05, 0.1) is 12.2 Å². The molecule has 1 unspecified atom stereocenters. The van der Waals surface area contributed by atoms with Crippen LogP contribution in [0.1, 0.15) is 29.9 Å². The number of nitrogens with zero attached hydrogens (tertiary/aromatic N) is 1. The summed E-state index contributed by atoms with van der Waals surface area (Å²) in [6, 6.07) is 7.43. The largest absolute Gasteiger partial charge is 0.481 e. The first kappa shape index (κ1) is 16.7. The quantitative estimate of drug-likeness (QED) is 0.813. The molecular weight excluding hydrogens is 302 g/mol. The smallest absolute Gasteiger partial charge is 0.307 e. The molecule has 1 aromatic carbocycles. The second kappa shape index (κ2) is 7.07. The highest BCUT2D eigenvalue weighted by Gasteiger charge is 2.28. The Morgan fingerprint density at radius 3 is 2.64 bits per heavy atom. The summed E-state index contributed by atoms with van der Waals surface area (Å²) in [5.41, 5.74) is 1.82. The van der Waals surface area contributed by atoms with Gasteiger partial charge in [-0.05, 0) is 29.9 Å². The molecule has 5 nitrogen and oxygen atoms in total. The van der Waals surface area contributed by atoms with Crippen LogP contribution in [0.2, 0.25) is 0 Å². The van der Waals surface area contributed by atoms with Crippen LogP contribution in [-0.2, 0) is 21.2 Å². The maximum absolute atomic E-state index is 12.1. The molecule has 1 aliphatic heterocycles. The van der Waals surface area contributed by atoms with Crippen LogP contribution in [-0.4, -0.2) is 42.6 Å². The average molecular weight is 323 g/mol. The predicted octanol–water partition coefficient (Wildman–Crippen LogP) is 2.01. The van der Waals surface area contributed by atoms with E-state index in [1.54, 1.807) is 12.1 Å². The first-order valence-electron chi connectivity index (χ1n) is 7.31. The molecule has 2 rings (SSSR count). The first-order valence-corrected chi connectivity index (χ1v) is 8.92. The molecule has 0 amide bonds. The fraction of sp³-hybridized carbons (Fsp3) is 0.438. The van der Waals surface area contributed by atoms with Crippen LogP contribution in [0, 0.1) is 0 Å². The molecule has 22 heavy (non-hydrogen) atoms. The molecule has 0 aliphatic carbocycles. The van der Waals surface area contributed by atoms with Crippen LogP contribution >= 0.6 is 0 Å². The number of carbonyl (C=O) groups is 1. The molecule has 1 aromatic rings. The van der Waals surface area contributed by atoms with Gasteiger partial charge in [0, 0.05) is 13.1 Å². The van der Waals surface area contributed by atoms with Gasteiger partial charge in [-0.15, -0.1) is 6.58 Å². The summed E-state index contributed by atoms with van der Waals surface area (Å²) >= 11 is 0. The monoisotopic (exact) mass is 323 g/mol. The van der Waals surface area contributed by atoms with E-state index in [2.05, 4.69) is 6.58 Å². The van der Waals surface area contributed by atoms with Crippen LogP contribution in [0.25, 0.3) is 0 Å². The highest BCUT2D eigenvalue weighted by atomic mass is 32.2. The zero-order valence-corrected chi connectivity index (χ0v) is 13.3. The molecule has 0 aromatic heterocycles. The Labute approximate surface area is 131 Å². The predicted molar refractivity (Wildman–Crippen MR) is 85.3 cm³/mol. The van der Waals surface area contributed by atoms with E-state index < -0.39 is 16.0 Å². The van der Waals surface area contributed by atoms with Gasteiger partial charge in [0.1, 0.15) is 0 Å². The van der Waals surface area contributed by atoms with Crippen LogP contribution in [0.4, 0.5) is 0 Å². The maximum Gasteiger partial charge on any atom is 0.307 e. The van der Waals surface area contributed by atoms with Gasteiger partial charge in [-0.2, -0.15) is 0 Å². The van der Waals surface area contributed by atoms with Crippen LogP contribution in [0.3, 0.4) is 0 Å². The van der Waals surface area contributed by atoms with E-state index in [1.165, 1.54) is 10.4 Å². The topological polar surface area (TPSA) is 74.7 Å². The Balaban J connectivity index is 2.09. The lowest BCUT2D eigenvalue weighted by Crippen LogP contribution is -2.40. The summed E-state index contributed by atoms with van der Waals surface area (Å²) in [6.07, 6.45) is 3.20. The van der Waals surface area contributed by atoms with Gasteiger partial charge in [0.2, 0.25) is 10.0 Å². The third-order valence-electron chi connectivity index (χ3n) is 3.91. The molecule has 1 aliphatic rings. The number of aliphatic carboxylic acids is 1. The minimum absolute atomic E-state index is 0.00475. The second-order valence-corrected chi connectivity index (χ2v) is 7.59. The Bertz CT molecular complexity index is 637. The zero-order valence-electron chi connectivity index (χ0n) is 12.4. The summed E-state index contributed by atoms with van der Waals surface area (Å²) < 4.78 is 25.8. The number of benzene rings is 1. The number of sulfonamides is 1. The molecule has 0 bridgehead atoms. The van der Waals surface area contributed by atoms with Crippen molar-refractivity contribution < 1.29 is 18.3 Å². The van der Waals surface area contributed by atoms with Crippen LogP contribution in [0.5, 0.6) is 0 Å². The summed E-state index contributed by atoms with van der Waals surface area (Å²) in [5, 5.41) is 8.78. The van der Waals surface area contributed by atoms with Crippen LogP contribution in [0.15, 0.2) is 36.9 Å². The van der Waals surface area contributed by atoms with Gasteiger partial charge >= 0.3 is 5.97 Å². The van der Waals surface area contributed by atoms with E-state index in [-0.39, 0.29) is 18.1 Å². The number of hydrogen-bond acceptors (Lipinski definition) is 3. The number of rotatable bonds is 6. The molecule has 120 valence electrons. The zero-order chi connectivity index (χ0) is 16.2. The lowest BCUT2D eigenvalue weighted by atomic mass is 9.91. The normalized spacial score (nSPS) is 19.7. The highest BCUT2D eigenvalue weighted by molar-refractivity contribution is 7.89. The van der Waals surface area contributed by atoms with Gasteiger partial charge in [-0.1, -0.05) is 30.3 Å². The highest BCUT2D eigenvalue weighted by Crippen LogP contribution is 2.28. The number of piperidine rings is 1. The summed E-state index contributed by atoms with van der Waals surface area (Å²) in [5.74, 6) is -0.726. The third-order valence-corrected chi connectivity index (χ3v) is 5.69. The van der Waals surface area contributed by atoms with Gasteiger partial charge in [0.25, 0.3) is 0 Å². The van der Waals surface area contributed by atoms with Crippen molar-refractivity contribution in [2.75, 3.05) is 18.8 Å². The molecule has 0 radical (unpaired) electrons. The maximum atomic E-state index is 12.1. The van der Waals surface area contributed by atoms with Crippen molar-refractivity contribution >= 4 is 16.0 Å². The van der Waals surface area contributed by atoms with E-state index in [0.717, 1.165) is 24.0 Å². The first-order chi connectivity index (χ1) is 10.4. The molecule has 0 saturated carbocycles. The van der Waals surface area contributed by atoms with Gasteiger partial charge < -0.3 is 5.11 Å². The Morgan fingerprint density at radius 2 is 2.05 bits per heavy atom. The molecule has 1 N–H and O–H groups in total. The number of hydrogen-bond donors (Lipinski definition) is 1. The number of carboxylic acid groups (broad SMARTS) is 1. The lowest BCUT2D eigenvalue weighted by Gasteiger charge is -2.32. The molecule has 1 saturated heterocycles. The van der Waals surface area contributed by atoms with Gasteiger partial charge in [0.15, 0.2) is 0 Å². The van der Waals surface area contributed by atoms with Crippen molar-refractivity contribution in [3.63, 3.8) is 0 Å². The standard InChI is InChI=1S/C16H21NO4S/c1-2-10-22(20,21)17-9-3-4-15(12-17)14-7-5-13(6-8-14)11-16(18)19/h2,5-8,15H,1,3-4,9-12H2,(H,18,19). The van der Waals surface area contributed by atoms with Gasteiger partial charge in [-0.3, -0.25) is 4.79 Å². The van der Waals surface area contributed by atoms with E-state index in [0.29, 0.717) is 13.1 Å². The van der Waals surface area contributed by atoms with E-state index in [9.17, 15) is 13.2 Å². The van der Waals surface area contributed by atoms with E-state index in [4.69, 9.17) is 5.11 Å². The van der Waals surface area contributed by atoms with Crippen molar-refractivity contribution in [2.45, 2.75) is 25.2 Å². The molecule has 1 fully saturated rings. The fourth-order valence-corrected chi connectivity index (χ4v) is 4.13. The molecule has 6 heteroatoms. The van der Waals surface area contributed by atoms with Crippen molar-refractivity contribution in [2.24, 2.45) is 0 Å².